The molecule has 1 aliphatic heterocycles. The van der Waals surface area contributed by atoms with E-state index in [9.17, 15) is 14.3 Å². The van der Waals surface area contributed by atoms with Crippen LogP contribution in [0, 0.1) is 5.82 Å². The Hall–Kier alpha value is -1.60. The number of phenols is 1. The Balaban J connectivity index is 2.38. The molecule has 1 aromatic carbocycles. The van der Waals surface area contributed by atoms with Crippen LogP contribution >= 0.6 is 0 Å². The molecule has 1 aromatic rings. The summed E-state index contributed by atoms with van der Waals surface area (Å²) in [6.07, 6.45) is -0.335. The average Bonchev–Trinajstić information content (AvgIpc) is 2.56. The van der Waals surface area contributed by atoms with Gasteiger partial charge in [-0.25, -0.2) is 4.39 Å². The minimum absolute atomic E-state index is 0.152. The number of halogens is 1. The van der Waals surface area contributed by atoms with Crippen molar-refractivity contribution < 1.29 is 28.7 Å². The number of phenolic OH excluding ortho intramolecular Hbond substituents is 1. The van der Waals surface area contributed by atoms with E-state index in [1.165, 1.54) is 12.1 Å². The summed E-state index contributed by atoms with van der Waals surface area (Å²) in [5.41, 5.74) is -1.12. The summed E-state index contributed by atoms with van der Waals surface area (Å²) < 4.78 is 25.8. The zero-order valence-electron chi connectivity index (χ0n) is 13.1. The molecule has 5 nitrogen and oxygen atoms in total. The van der Waals surface area contributed by atoms with Crippen molar-refractivity contribution in [3.8, 4) is 5.75 Å². The molecule has 1 heterocycles. The standard InChI is InChI=1S/C15H20BFO5/c1-14(2)15(3,4)22-16(21-14)11(8-13(19)20)10-6-5-9(18)7-12(10)17/h5-7,11,18H,8H2,1-4H3,(H,19,20). The average molecular weight is 310 g/mol. The topological polar surface area (TPSA) is 76.0 Å². The van der Waals surface area contributed by atoms with E-state index in [0.717, 1.165) is 6.07 Å². The fourth-order valence-corrected chi connectivity index (χ4v) is 2.41. The lowest BCUT2D eigenvalue weighted by Gasteiger charge is -2.32. The van der Waals surface area contributed by atoms with Crippen LogP contribution in [0.15, 0.2) is 18.2 Å². The molecule has 1 unspecified atom stereocenters. The van der Waals surface area contributed by atoms with Crippen LogP contribution in [0.3, 0.4) is 0 Å². The number of benzene rings is 1. The smallest absolute Gasteiger partial charge is 0.466 e. The van der Waals surface area contributed by atoms with E-state index in [1.54, 1.807) is 0 Å². The Morgan fingerprint density at radius 1 is 1.27 bits per heavy atom. The van der Waals surface area contributed by atoms with Crippen LogP contribution in [0.4, 0.5) is 4.39 Å². The van der Waals surface area contributed by atoms with Gasteiger partial charge in [0, 0.05) is 11.9 Å². The summed E-state index contributed by atoms with van der Waals surface area (Å²) in [6, 6.07) is 3.64. The largest absolute Gasteiger partial charge is 0.508 e. The number of carboxylic acids is 1. The van der Waals surface area contributed by atoms with E-state index < -0.39 is 35.9 Å². The van der Waals surface area contributed by atoms with Crippen LogP contribution in [-0.4, -0.2) is 34.5 Å². The lowest BCUT2D eigenvalue weighted by atomic mass is 9.66. The van der Waals surface area contributed by atoms with E-state index in [4.69, 9.17) is 14.4 Å². The second-order valence-corrected chi connectivity index (χ2v) is 6.53. The first-order valence-corrected chi connectivity index (χ1v) is 7.09. The summed E-state index contributed by atoms with van der Waals surface area (Å²) in [4.78, 5) is 11.2. The Labute approximate surface area is 129 Å². The van der Waals surface area contributed by atoms with Crippen molar-refractivity contribution in [2.45, 2.75) is 51.1 Å². The third kappa shape index (κ3) is 3.10. The van der Waals surface area contributed by atoms with E-state index in [2.05, 4.69) is 0 Å². The Kier molecular flexibility index (Phi) is 4.23. The van der Waals surface area contributed by atoms with Crippen molar-refractivity contribution in [2.75, 3.05) is 0 Å². The number of aromatic hydroxyl groups is 1. The molecular formula is C15H20BFO5. The predicted molar refractivity (Wildman–Crippen MR) is 79.1 cm³/mol. The maximum Gasteiger partial charge on any atom is 0.466 e. The third-order valence-electron chi connectivity index (χ3n) is 4.38. The van der Waals surface area contributed by atoms with Crippen molar-refractivity contribution in [2.24, 2.45) is 0 Å². The van der Waals surface area contributed by atoms with Gasteiger partial charge in [0.15, 0.2) is 0 Å². The minimum atomic E-state index is -1.08. The highest BCUT2D eigenvalue weighted by atomic mass is 19.1. The summed E-state index contributed by atoms with van der Waals surface area (Å²) in [5, 5.41) is 18.4. The molecule has 0 amide bonds. The fraction of sp³-hybridized carbons (Fsp3) is 0.533. The number of hydrogen-bond acceptors (Lipinski definition) is 4. The van der Waals surface area contributed by atoms with Crippen LogP contribution < -0.4 is 0 Å². The fourth-order valence-electron chi connectivity index (χ4n) is 2.41. The van der Waals surface area contributed by atoms with E-state index in [1.807, 2.05) is 27.7 Å². The molecule has 0 aliphatic carbocycles. The summed E-state index contributed by atoms with van der Waals surface area (Å²) >= 11 is 0. The van der Waals surface area contributed by atoms with Gasteiger partial charge in [-0.05, 0) is 39.3 Å². The predicted octanol–water partition coefficient (Wildman–Crippen LogP) is 2.72. The zero-order chi connectivity index (χ0) is 16.7. The molecule has 1 atom stereocenters. The molecule has 0 spiro atoms. The number of aliphatic carboxylic acids is 1. The first kappa shape index (κ1) is 16.8. The summed E-state index contributed by atoms with van der Waals surface area (Å²) in [6.45, 7) is 7.38. The van der Waals surface area contributed by atoms with E-state index in [-0.39, 0.29) is 17.7 Å². The van der Waals surface area contributed by atoms with Crippen LogP contribution in [0.1, 0.15) is 45.5 Å². The summed E-state index contributed by atoms with van der Waals surface area (Å²) in [7, 11) is -0.875. The normalized spacial score (nSPS) is 20.9. The molecule has 0 aromatic heterocycles. The molecule has 22 heavy (non-hydrogen) atoms. The Morgan fingerprint density at radius 2 is 1.82 bits per heavy atom. The van der Waals surface area contributed by atoms with Crippen molar-refractivity contribution >= 4 is 13.1 Å². The maximum absolute atomic E-state index is 14.1. The molecule has 120 valence electrons. The zero-order valence-corrected chi connectivity index (χ0v) is 13.1. The first-order chi connectivity index (χ1) is 10.0. The highest BCUT2D eigenvalue weighted by molar-refractivity contribution is 6.48. The third-order valence-corrected chi connectivity index (χ3v) is 4.38. The molecule has 1 aliphatic rings. The van der Waals surface area contributed by atoms with Crippen molar-refractivity contribution in [1.29, 1.82) is 0 Å². The Bertz CT molecular complexity index is 571. The molecule has 2 rings (SSSR count). The van der Waals surface area contributed by atoms with Gasteiger partial charge >= 0.3 is 13.1 Å². The van der Waals surface area contributed by atoms with Gasteiger partial charge in [-0.3, -0.25) is 4.79 Å². The van der Waals surface area contributed by atoms with Crippen molar-refractivity contribution in [3.63, 3.8) is 0 Å². The molecular weight excluding hydrogens is 290 g/mol. The van der Waals surface area contributed by atoms with Gasteiger partial charge in [0.2, 0.25) is 0 Å². The number of rotatable bonds is 4. The van der Waals surface area contributed by atoms with Gasteiger partial charge in [-0.2, -0.15) is 0 Å². The summed E-state index contributed by atoms with van der Waals surface area (Å²) in [5.74, 6) is -2.78. The van der Waals surface area contributed by atoms with Gasteiger partial charge < -0.3 is 19.5 Å². The highest BCUT2D eigenvalue weighted by Crippen LogP contribution is 2.42. The lowest BCUT2D eigenvalue weighted by Crippen LogP contribution is -2.41. The van der Waals surface area contributed by atoms with E-state index in [0.29, 0.717) is 0 Å². The molecule has 1 saturated heterocycles. The van der Waals surface area contributed by atoms with Gasteiger partial charge in [-0.1, -0.05) is 6.07 Å². The van der Waals surface area contributed by atoms with Gasteiger partial charge in [0.1, 0.15) is 11.6 Å². The number of carbonyl (C=O) groups is 1. The second kappa shape index (κ2) is 5.55. The molecule has 0 saturated carbocycles. The van der Waals surface area contributed by atoms with Crippen LogP contribution in [0.25, 0.3) is 0 Å². The van der Waals surface area contributed by atoms with Gasteiger partial charge in [-0.15, -0.1) is 0 Å². The number of hydrogen-bond donors (Lipinski definition) is 2. The van der Waals surface area contributed by atoms with Crippen LogP contribution in [-0.2, 0) is 14.1 Å². The van der Waals surface area contributed by atoms with Crippen molar-refractivity contribution in [1.82, 2.24) is 0 Å². The molecule has 0 bridgehead atoms. The highest BCUT2D eigenvalue weighted by Gasteiger charge is 2.54. The first-order valence-electron chi connectivity index (χ1n) is 7.09. The molecule has 1 fully saturated rings. The maximum atomic E-state index is 14.1. The lowest BCUT2D eigenvalue weighted by molar-refractivity contribution is -0.137. The van der Waals surface area contributed by atoms with Crippen LogP contribution in [0.5, 0.6) is 5.75 Å². The molecule has 7 heteroatoms. The monoisotopic (exact) mass is 310 g/mol. The van der Waals surface area contributed by atoms with Gasteiger partial charge in [0.05, 0.1) is 17.6 Å². The minimum Gasteiger partial charge on any atom is -0.508 e. The van der Waals surface area contributed by atoms with Crippen molar-refractivity contribution in [3.05, 3.63) is 29.6 Å². The second-order valence-electron chi connectivity index (χ2n) is 6.53. The van der Waals surface area contributed by atoms with E-state index >= 15 is 0 Å². The van der Waals surface area contributed by atoms with Gasteiger partial charge in [0.25, 0.3) is 0 Å². The quantitative estimate of drug-likeness (QED) is 0.836. The Morgan fingerprint density at radius 3 is 2.27 bits per heavy atom. The number of carboxylic acid groups (broad SMARTS) is 1. The molecule has 0 radical (unpaired) electrons. The van der Waals surface area contributed by atoms with Crippen LogP contribution in [0.2, 0.25) is 0 Å². The molecule has 2 N–H and O–H groups in total. The SMILES string of the molecule is CC1(C)OB(C(CC(=O)O)c2ccc(O)cc2F)OC1(C)C.